The smallest absolute Gasteiger partial charge is 0.224 e. The van der Waals surface area contributed by atoms with Crippen LogP contribution in [0.2, 0.25) is 0 Å². The molecule has 1 aliphatic heterocycles. The lowest BCUT2D eigenvalue weighted by atomic mass is 9.99. The summed E-state index contributed by atoms with van der Waals surface area (Å²) in [4.78, 5) is 29.3. The fourth-order valence-electron chi connectivity index (χ4n) is 6.06. The van der Waals surface area contributed by atoms with Crippen LogP contribution in [0.1, 0.15) is 66.8 Å². The van der Waals surface area contributed by atoms with Crippen molar-refractivity contribution in [3.05, 3.63) is 132 Å². The molecule has 6 rings (SSSR count). The maximum Gasteiger partial charge on any atom is 0.224 e. The molecular formula is C41H45N5O5S. The molecule has 3 atom stereocenters. The molecule has 0 radical (unpaired) electrons. The van der Waals surface area contributed by atoms with Crippen molar-refractivity contribution < 1.29 is 24.2 Å². The molecular weight excluding hydrogens is 675 g/mol. The molecule has 0 unspecified atom stereocenters. The number of anilines is 2. The molecule has 1 saturated heterocycles. The normalized spacial score (nSPS) is 17.1. The van der Waals surface area contributed by atoms with Crippen LogP contribution in [0, 0.1) is 0 Å². The molecule has 11 heteroatoms. The zero-order chi connectivity index (χ0) is 36.3. The van der Waals surface area contributed by atoms with Crippen molar-refractivity contribution in [3.8, 4) is 11.1 Å². The zero-order valence-corrected chi connectivity index (χ0v) is 30.1. The van der Waals surface area contributed by atoms with E-state index in [0.29, 0.717) is 50.0 Å². The maximum atomic E-state index is 12.6. The van der Waals surface area contributed by atoms with Crippen molar-refractivity contribution in [2.45, 2.75) is 68.9 Å². The number of imidazole rings is 1. The molecule has 0 spiro atoms. The maximum absolute atomic E-state index is 12.6. The Morgan fingerprint density at radius 2 is 1.63 bits per heavy atom. The number of hydrogen-bond donors (Lipinski definition) is 4. The minimum absolute atomic E-state index is 0.0000749. The van der Waals surface area contributed by atoms with Crippen LogP contribution in [0.5, 0.6) is 0 Å². The van der Waals surface area contributed by atoms with Crippen molar-refractivity contribution in [2.75, 3.05) is 16.8 Å². The summed E-state index contributed by atoms with van der Waals surface area (Å²) < 4.78 is 15.1. The number of carbonyl (C=O) groups is 2. The Labute approximate surface area is 308 Å². The third-order valence-corrected chi connectivity index (χ3v) is 10.2. The van der Waals surface area contributed by atoms with E-state index in [1.165, 1.54) is 0 Å². The van der Waals surface area contributed by atoms with E-state index in [1.54, 1.807) is 30.1 Å². The van der Waals surface area contributed by atoms with E-state index in [2.05, 4.69) is 39.9 Å². The lowest BCUT2D eigenvalue weighted by molar-refractivity contribution is -0.245. The van der Waals surface area contributed by atoms with E-state index >= 15 is 0 Å². The number of unbranched alkanes of at least 4 members (excludes halogenated alkanes) is 1. The molecule has 4 aromatic carbocycles. The molecule has 0 bridgehead atoms. The zero-order valence-electron chi connectivity index (χ0n) is 29.2. The van der Waals surface area contributed by atoms with Crippen LogP contribution in [0.4, 0.5) is 11.4 Å². The van der Waals surface area contributed by atoms with Gasteiger partial charge in [-0.3, -0.25) is 9.59 Å². The molecule has 10 nitrogen and oxygen atoms in total. The van der Waals surface area contributed by atoms with Gasteiger partial charge in [-0.2, -0.15) is 0 Å². The summed E-state index contributed by atoms with van der Waals surface area (Å²) >= 11 is 1.67. The van der Waals surface area contributed by atoms with Crippen LogP contribution in [-0.2, 0) is 39.3 Å². The SMILES string of the molecule is Cn1ccnc1SC[C@@H]1C[C@H](c2ccc(CO)cc2)O[C@H](c2ccc(-c3cccc(CNC(=O)CCCCC(=O)Nc4ccccc4N)c3)cc2)O1. The number of nitrogens with two attached hydrogens (primary N) is 1. The van der Waals surface area contributed by atoms with Gasteiger partial charge in [0.05, 0.1) is 30.2 Å². The van der Waals surface area contributed by atoms with E-state index in [0.717, 1.165) is 44.3 Å². The lowest BCUT2D eigenvalue weighted by Crippen LogP contribution is -2.31. The molecule has 1 aromatic heterocycles. The lowest BCUT2D eigenvalue weighted by Gasteiger charge is -2.36. The first-order valence-corrected chi connectivity index (χ1v) is 18.5. The first-order valence-electron chi connectivity index (χ1n) is 17.6. The second kappa shape index (κ2) is 18.0. The van der Waals surface area contributed by atoms with Crippen molar-refractivity contribution >= 4 is 35.0 Å². The predicted octanol–water partition coefficient (Wildman–Crippen LogP) is 7.31. The highest BCUT2D eigenvalue weighted by molar-refractivity contribution is 7.99. The van der Waals surface area contributed by atoms with Gasteiger partial charge in [-0.05, 0) is 58.9 Å². The minimum Gasteiger partial charge on any atom is -0.397 e. The predicted molar refractivity (Wildman–Crippen MR) is 204 cm³/mol. The average Bonchev–Trinajstić information content (AvgIpc) is 3.60. The van der Waals surface area contributed by atoms with Crippen molar-refractivity contribution in [2.24, 2.45) is 7.05 Å². The van der Waals surface area contributed by atoms with Crippen LogP contribution in [0.3, 0.4) is 0 Å². The molecule has 2 heterocycles. The first kappa shape index (κ1) is 36.8. The average molecular weight is 720 g/mol. The van der Waals surface area contributed by atoms with Gasteiger partial charge in [-0.15, -0.1) is 0 Å². The van der Waals surface area contributed by atoms with Gasteiger partial charge in [0.1, 0.15) is 0 Å². The topological polar surface area (TPSA) is 141 Å². The Bertz CT molecular complexity index is 1930. The Morgan fingerprint density at radius 3 is 2.37 bits per heavy atom. The van der Waals surface area contributed by atoms with Gasteiger partial charge in [0, 0.05) is 56.6 Å². The molecule has 0 aliphatic carbocycles. The van der Waals surface area contributed by atoms with E-state index in [4.69, 9.17) is 15.2 Å². The van der Waals surface area contributed by atoms with Gasteiger partial charge in [0.15, 0.2) is 11.4 Å². The standard InChI is InChI=1S/C41H45N5O5S/c1-46-22-21-43-41(46)52-27-34-24-37(31-15-13-28(26-47)14-16-31)51-40(50-34)32-19-17-30(18-20-32)33-8-6-7-29(23-33)25-44-38(48)11-4-5-12-39(49)45-36-10-3-2-9-35(36)42/h2-3,6-10,13-23,34,37,40,47H,4-5,11-12,24-27,42H2,1H3,(H,44,48)(H,45,49)/t34-,37+,40+/m0/s1. The molecule has 1 fully saturated rings. The number of nitrogens with one attached hydrogen (secondary N) is 2. The highest BCUT2D eigenvalue weighted by atomic mass is 32.2. The quantitative estimate of drug-likeness (QED) is 0.0502. The van der Waals surface area contributed by atoms with E-state index in [9.17, 15) is 14.7 Å². The van der Waals surface area contributed by atoms with Crippen LogP contribution in [0.25, 0.3) is 11.1 Å². The number of rotatable bonds is 15. The number of nitrogen functional groups attached to an aromatic ring is 1. The van der Waals surface area contributed by atoms with Crippen LogP contribution >= 0.6 is 11.8 Å². The number of amides is 2. The van der Waals surface area contributed by atoms with Gasteiger partial charge in [0.2, 0.25) is 11.8 Å². The number of benzene rings is 4. The number of aliphatic hydroxyl groups excluding tert-OH is 1. The number of carbonyl (C=O) groups excluding carboxylic acids is 2. The molecule has 270 valence electrons. The summed E-state index contributed by atoms with van der Waals surface area (Å²) in [6.07, 6.45) is 5.57. The molecule has 5 aromatic rings. The Balaban J connectivity index is 1.02. The fraction of sp³-hybridized carbons (Fsp3) is 0.293. The van der Waals surface area contributed by atoms with Gasteiger partial charge in [-0.25, -0.2) is 4.98 Å². The summed E-state index contributed by atoms with van der Waals surface area (Å²) in [7, 11) is 1.99. The number of aryl methyl sites for hydroxylation is 1. The second-order valence-electron chi connectivity index (χ2n) is 12.9. The van der Waals surface area contributed by atoms with E-state index < -0.39 is 6.29 Å². The van der Waals surface area contributed by atoms with Crippen LogP contribution in [0.15, 0.2) is 115 Å². The van der Waals surface area contributed by atoms with Gasteiger partial charge in [-0.1, -0.05) is 90.6 Å². The number of para-hydroxylation sites is 2. The molecule has 0 saturated carbocycles. The number of hydrogen-bond acceptors (Lipinski definition) is 8. The minimum atomic E-state index is -0.545. The number of nitrogens with zero attached hydrogens (tertiary/aromatic N) is 2. The second-order valence-corrected chi connectivity index (χ2v) is 13.9. The summed E-state index contributed by atoms with van der Waals surface area (Å²) in [5.41, 5.74) is 12.9. The highest BCUT2D eigenvalue weighted by Crippen LogP contribution is 2.39. The first-order chi connectivity index (χ1) is 25.3. The Kier molecular flexibility index (Phi) is 12.8. The molecule has 52 heavy (non-hydrogen) atoms. The van der Waals surface area contributed by atoms with E-state index in [1.807, 2.05) is 78.5 Å². The Morgan fingerprint density at radius 1 is 0.885 bits per heavy atom. The molecule has 5 N–H and O–H groups in total. The monoisotopic (exact) mass is 719 g/mol. The third kappa shape index (κ3) is 10.1. The molecule has 1 aliphatic rings. The Hall–Kier alpha value is -4.94. The van der Waals surface area contributed by atoms with Gasteiger partial charge >= 0.3 is 0 Å². The van der Waals surface area contributed by atoms with Gasteiger partial charge in [0.25, 0.3) is 0 Å². The molecule has 2 amide bonds. The number of aromatic nitrogens is 2. The van der Waals surface area contributed by atoms with Crippen molar-refractivity contribution in [3.63, 3.8) is 0 Å². The van der Waals surface area contributed by atoms with Gasteiger partial charge < -0.3 is 35.5 Å². The third-order valence-electron chi connectivity index (χ3n) is 9.02. The summed E-state index contributed by atoms with van der Waals surface area (Å²) in [5.74, 6) is 0.574. The van der Waals surface area contributed by atoms with Crippen molar-refractivity contribution in [1.82, 2.24) is 14.9 Å². The summed E-state index contributed by atoms with van der Waals surface area (Å²) in [6, 6.07) is 31.4. The number of thioether (sulfide) groups is 1. The summed E-state index contributed by atoms with van der Waals surface area (Å²) in [6.45, 7) is 0.417. The summed E-state index contributed by atoms with van der Waals surface area (Å²) in [5, 5.41) is 16.3. The van der Waals surface area contributed by atoms with E-state index in [-0.39, 0.29) is 30.6 Å². The number of aliphatic hydroxyl groups is 1. The largest absolute Gasteiger partial charge is 0.397 e. The fourth-order valence-corrected chi connectivity index (χ4v) is 7.01. The number of ether oxygens (including phenoxy) is 2. The van der Waals surface area contributed by atoms with Crippen LogP contribution in [-0.4, -0.2) is 38.3 Å². The van der Waals surface area contributed by atoms with Crippen LogP contribution < -0.4 is 16.4 Å². The highest BCUT2D eigenvalue weighted by Gasteiger charge is 2.32. The van der Waals surface area contributed by atoms with Crippen molar-refractivity contribution in [1.29, 1.82) is 0 Å².